The fourth-order valence-corrected chi connectivity index (χ4v) is 7.87. The van der Waals surface area contributed by atoms with E-state index in [-0.39, 0.29) is 19.6 Å². The molecule has 0 radical (unpaired) electrons. The Morgan fingerprint density at radius 3 is 1.41 bits per heavy atom. The summed E-state index contributed by atoms with van der Waals surface area (Å²) < 4.78 is 59.3. The van der Waals surface area contributed by atoms with Crippen LogP contribution in [-0.4, -0.2) is 97.5 Å². The van der Waals surface area contributed by atoms with E-state index in [9.17, 15) is 33.1 Å². The second kappa shape index (κ2) is 45.2. The van der Waals surface area contributed by atoms with Gasteiger partial charge in [-0.2, -0.15) is 8.42 Å². The molecule has 1 saturated heterocycles. The van der Waals surface area contributed by atoms with Crippen LogP contribution < -0.4 is 0 Å². The van der Waals surface area contributed by atoms with E-state index < -0.39 is 59.8 Å². The fourth-order valence-electron chi connectivity index (χ4n) is 7.36. The average molecular weight is 977 g/mol. The monoisotopic (exact) mass is 977 g/mol. The predicted octanol–water partition coefficient (Wildman–Crippen LogP) is 12.2. The highest BCUT2D eigenvalue weighted by atomic mass is 32.3. The van der Waals surface area contributed by atoms with Crippen molar-refractivity contribution in [2.24, 2.45) is 0 Å². The summed E-state index contributed by atoms with van der Waals surface area (Å²) >= 11 is 0. The van der Waals surface area contributed by atoms with Crippen LogP contribution in [0.5, 0.6) is 0 Å². The summed E-state index contributed by atoms with van der Waals surface area (Å²) in [4.78, 5) is 12.9. The zero-order valence-electron chi connectivity index (χ0n) is 41.9. The van der Waals surface area contributed by atoms with Crippen molar-refractivity contribution >= 4 is 16.4 Å². The summed E-state index contributed by atoms with van der Waals surface area (Å²) in [7, 11) is -5.07. The van der Waals surface area contributed by atoms with E-state index in [0.717, 1.165) is 103 Å². The van der Waals surface area contributed by atoms with Gasteiger partial charge in [0.2, 0.25) is 0 Å². The molecule has 68 heavy (non-hydrogen) atoms. The van der Waals surface area contributed by atoms with Crippen LogP contribution in [0.15, 0.2) is 97.2 Å². The van der Waals surface area contributed by atoms with Gasteiger partial charge in [-0.15, -0.1) is 0 Å². The number of allylic oxidation sites excluding steroid dienone is 16. The molecule has 13 heteroatoms. The van der Waals surface area contributed by atoms with Gasteiger partial charge in [0, 0.05) is 13.0 Å². The third-order valence-corrected chi connectivity index (χ3v) is 11.7. The molecule has 390 valence electrons. The predicted molar refractivity (Wildman–Crippen MR) is 275 cm³/mol. The number of hydrogen-bond donors (Lipinski definition) is 4. The Morgan fingerprint density at radius 1 is 0.559 bits per heavy atom. The summed E-state index contributed by atoms with van der Waals surface area (Å²) in [6.45, 7) is 3.72. The molecule has 0 aromatic carbocycles. The van der Waals surface area contributed by atoms with E-state index in [1.165, 1.54) is 51.4 Å². The maximum absolute atomic E-state index is 12.9. The van der Waals surface area contributed by atoms with Gasteiger partial charge < -0.3 is 34.3 Å². The number of unbranched alkanes of at least 4 members (excludes halogenated alkanes) is 15. The van der Waals surface area contributed by atoms with Crippen LogP contribution in [0.2, 0.25) is 0 Å². The molecule has 0 saturated carbocycles. The average Bonchev–Trinajstić information content (AvgIpc) is 3.31. The molecule has 1 rings (SSSR count). The lowest BCUT2D eigenvalue weighted by Gasteiger charge is -2.41. The Morgan fingerprint density at radius 2 is 0.971 bits per heavy atom. The highest BCUT2D eigenvalue weighted by molar-refractivity contribution is 7.80. The van der Waals surface area contributed by atoms with E-state index in [1.54, 1.807) is 0 Å². The first kappa shape index (κ1) is 63.0. The van der Waals surface area contributed by atoms with E-state index in [1.807, 2.05) is 0 Å². The van der Waals surface area contributed by atoms with Crippen molar-refractivity contribution in [2.75, 3.05) is 26.4 Å². The van der Waals surface area contributed by atoms with Crippen molar-refractivity contribution in [1.82, 2.24) is 0 Å². The molecule has 6 atom stereocenters. The zero-order valence-corrected chi connectivity index (χ0v) is 42.7. The zero-order chi connectivity index (χ0) is 49.6. The van der Waals surface area contributed by atoms with Gasteiger partial charge in [-0.1, -0.05) is 182 Å². The van der Waals surface area contributed by atoms with Crippen molar-refractivity contribution in [1.29, 1.82) is 0 Å². The Labute approximate surface area is 412 Å². The van der Waals surface area contributed by atoms with Gasteiger partial charge in [0.25, 0.3) is 0 Å². The molecule has 0 aromatic rings. The molecular formula is C55H92O12S. The van der Waals surface area contributed by atoms with E-state index in [4.69, 9.17) is 18.9 Å². The fraction of sp³-hybridized carbons (Fsp3) is 0.691. The van der Waals surface area contributed by atoms with Gasteiger partial charge >= 0.3 is 16.4 Å². The summed E-state index contributed by atoms with van der Waals surface area (Å²) in [5, 5.41) is 30.8. The third kappa shape index (κ3) is 37.9. The minimum absolute atomic E-state index is 0.0177. The standard InChI is InChI=1S/C55H92O12S/c1-3-5-7-9-11-13-15-17-19-21-22-23-24-25-26-27-29-31-33-35-37-39-41-43-45-63-47-49(48-64-55-53(59)54(67-68(60,61)62)52(58)50(46-56)66-55)65-51(57)44-42-40-38-36-34-32-30-28-20-18-16-14-12-10-8-6-4-2/h5-8,11-14,17-20,22-23,30,32,49-50,52-56,58-59H,3-4,9-10,15-16,21,24-29,31,33-48H2,1-2H3,(H,60,61,62)/b7-5-,8-6-,13-11-,14-12-,19-17-,20-18-,23-22-,32-30-. The van der Waals surface area contributed by atoms with Crippen molar-refractivity contribution in [3.05, 3.63) is 97.2 Å². The molecular weight excluding hydrogens is 885 g/mol. The maximum atomic E-state index is 12.9. The number of carbonyl (C=O) groups is 1. The lowest BCUT2D eigenvalue weighted by molar-refractivity contribution is -0.301. The van der Waals surface area contributed by atoms with E-state index in [0.29, 0.717) is 13.0 Å². The number of aliphatic hydroxyl groups is 3. The SMILES string of the molecule is CC/C=C\C/C=C\C/C=C\C/C=C\CCCCCCCCCCCCCOCC(COC1OC(CO)C(O)C(OS(=O)(=O)O)C1O)OC(=O)CCCCCC/C=C\C/C=C\C/C=C\C/C=C\CC. The second-order valence-electron chi connectivity index (χ2n) is 17.3. The normalized spacial score (nSPS) is 20.1. The van der Waals surface area contributed by atoms with Crippen LogP contribution >= 0.6 is 0 Å². The molecule has 1 fully saturated rings. The van der Waals surface area contributed by atoms with Crippen molar-refractivity contribution in [2.45, 2.75) is 218 Å². The lowest BCUT2D eigenvalue weighted by atomic mass is 9.99. The first-order chi connectivity index (χ1) is 33.1. The number of carbonyl (C=O) groups excluding carboxylic acids is 1. The minimum Gasteiger partial charge on any atom is -0.457 e. The van der Waals surface area contributed by atoms with Gasteiger partial charge in [-0.05, 0) is 89.9 Å². The minimum atomic E-state index is -5.07. The van der Waals surface area contributed by atoms with Crippen LogP contribution in [0.3, 0.4) is 0 Å². The summed E-state index contributed by atoms with van der Waals surface area (Å²) in [5.74, 6) is -0.427. The molecule has 4 N–H and O–H groups in total. The van der Waals surface area contributed by atoms with Crippen LogP contribution in [0.4, 0.5) is 0 Å². The largest absolute Gasteiger partial charge is 0.457 e. The van der Waals surface area contributed by atoms with Gasteiger partial charge in [0.05, 0.1) is 19.8 Å². The number of esters is 1. The summed E-state index contributed by atoms with van der Waals surface area (Å²) in [6.07, 6.45) is 52.9. The molecule has 12 nitrogen and oxygen atoms in total. The van der Waals surface area contributed by atoms with E-state index >= 15 is 0 Å². The van der Waals surface area contributed by atoms with Crippen LogP contribution in [0.1, 0.15) is 181 Å². The third-order valence-electron chi connectivity index (χ3n) is 11.2. The van der Waals surface area contributed by atoms with Crippen molar-refractivity contribution < 1.29 is 56.2 Å². The Hall–Kier alpha value is -2.98. The van der Waals surface area contributed by atoms with Gasteiger partial charge in [-0.25, -0.2) is 4.18 Å². The molecule has 6 unspecified atom stereocenters. The molecule has 0 spiro atoms. The first-order valence-electron chi connectivity index (χ1n) is 26.0. The molecule has 1 heterocycles. The first-order valence-corrected chi connectivity index (χ1v) is 27.4. The number of hydrogen-bond acceptors (Lipinski definition) is 11. The molecule has 0 bridgehead atoms. The highest BCUT2D eigenvalue weighted by Gasteiger charge is 2.48. The topological polar surface area (TPSA) is 178 Å². The lowest BCUT2D eigenvalue weighted by Crippen LogP contribution is -2.60. The Bertz CT molecular complexity index is 1550. The molecule has 0 aromatic heterocycles. The Kier molecular flexibility index (Phi) is 41.9. The number of aliphatic hydroxyl groups excluding tert-OH is 3. The van der Waals surface area contributed by atoms with Crippen LogP contribution in [0, 0.1) is 0 Å². The van der Waals surface area contributed by atoms with Crippen molar-refractivity contribution in [3.8, 4) is 0 Å². The smallest absolute Gasteiger partial charge is 0.397 e. The highest BCUT2D eigenvalue weighted by Crippen LogP contribution is 2.26. The molecule has 0 aliphatic carbocycles. The Balaban J connectivity index is 2.36. The summed E-state index contributed by atoms with van der Waals surface area (Å²) in [5.41, 5.74) is 0. The van der Waals surface area contributed by atoms with E-state index in [2.05, 4.69) is 115 Å². The van der Waals surface area contributed by atoms with Crippen molar-refractivity contribution in [3.63, 3.8) is 0 Å². The molecule has 1 aliphatic rings. The second-order valence-corrected chi connectivity index (χ2v) is 18.4. The van der Waals surface area contributed by atoms with Gasteiger partial charge in [0.1, 0.15) is 30.5 Å². The van der Waals surface area contributed by atoms with Crippen LogP contribution in [0.25, 0.3) is 0 Å². The van der Waals surface area contributed by atoms with Gasteiger partial charge in [0.15, 0.2) is 6.29 Å². The quantitative estimate of drug-likeness (QED) is 0.0197. The molecule has 1 aliphatic heterocycles. The number of ether oxygens (including phenoxy) is 4. The maximum Gasteiger partial charge on any atom is 0.397 e. The van der Waals surface area contributed by atoms with Crippen LogP contribution in [-0.2, 0) is 38.3 Å². The van der Waals surface area contributed by atoms with Gasteiger partial charge in [-0.3, -0.25) is 9.35 Å². The summed E-state index contributed by atoms with van der Waals surface area (Å²) in [6, 6.07) is 0. The number of rotatable bonds is 44. The molecule has 0 amide bonds.